The van der Waals surface area contributed by atoms with Gasteiger partial charge >= 0.3 is 0 Å². The lowest BCUT2D eigenvalue weighted by atomic mass is 9.93. The van der Waals surface area contributed by atoms with Crippen molar-refractivity contribution in [2.75, 3.05) is 20.3 Å². The van der Waals surface area contributed by atoms with Crippen LogP contribution in [0.3, 0.4) is 0 Å². The molecular weight excluding hydrogens is 724 g/mol. The zero-order chi connectivity index (χ0) is 39.5. The second kappa shape index (κ2) is 18.5. The summed E-state index contributed by atoms with van der Waals surface area (Å²) in [6.45, 7) is 1.41. The summed E-state index contributed by atoms with van der Waals surface area (Å²) in [5.74, 6) is -2.35. The number of nitrogens with one attached hydrogen (secondary N) is 1. The van der Waals surface area contributed by atoms with E-state index in [1.165, 1.54) is 7.11 Å². The van der Waals surface area contributed by atoms with Crippen molar-refractivity contribution in [3.63, 3.8) is 0 Å². The number of aliphatic imine (C=N–C) groups is 1. The molecule has 0 radical (unpaired) electrons. The first-order valence-corrected chi connectivity index (χ1v) is 16.5. The smallest absolute Gasteiger partial charge is 0.217 e. The third-order valence-electron chi connectivity index (χ3n) is 9.19. The van der Waals surface area contributed by atoms with E-state index in [9.17, 15) is 65.4 Å². The Bertz CT molecular complexity index is 1280. The molecule has 0 aliphatic carbocycles. The third-order valence-corrected chi connectivity index (χ3v) is 9.19. The number of nitrogens with zero attached hydrogens (tertiary/aromatic N) is 1. The third kappa shape index (κ3) is 9.36. The summed E-state index contributed by atoms with van der Waals surface area (Å²) in [6, 6.07) is -3.07. The van der Waals surface area contributed by atoms with Crippen LogP contribution in [0.5, 0.6) is 0 Å². The van der Waals surface area contributed by atoms with Crippen LogP contribution < -0.4 is 5.32 Å². The Morgan fingerprint density at radius 3 is 1.68 bits per heavy atom. The van der Waals surface area contributed by atoms with Crippen LogP contribution in [0.1, 0.15) is 20.8 Å². The number of aliphatic hydroxyl groups is 10. The number of amides is 1. The van der Waals surface area contributed by atoms with Gasteiger partial charge in [-0.15, -0.1) is 0 Å². The monoisotopic (exact) mass is 772 g/mol. The first kappa shape index (κ1) is 43.3. The lowest BCUT2D eigenvalue weighted by Crippen LogP contribution is -2.70. The van der Waals surface area contributed by atoms with Gasteiger partial charge in [-0.25, -0.2) is 4.99 Å². The number of Topliss-reactive ketones (excluding diaryl/α,β-unsaturated/α-hetero) is 2. The predicted octanol–water partition coefficient (Wildman–Crippen LogP) is -7.73. The Morgan fingerprint density at radius 1 is 0.623 bits per heavy atom. The predicted molar refractivity (Wildman–Crippen MR) is 166 cm³/mol. The number of hydrogen-bond donors (Lipinski definition) is 11. The molecule has 11 N–H and O–H groups in total. The minimum absolute atomic E-state index is 0.756. The molecule has 4 fully saturated rings. The van der Waals surface area contributed by atoms with Crippen LogP contribution in [0.15, 0.2) is 4.99 Å². The zero-order valence-electron chi connectivity index (χ0n) is 28.9. The highest BCUT2D eigenvalue weighted by molar-refractivity contribution is 5.81. The van der Waals surface area contributed by atoms with Gasteiger partial charge in [0.2, 0.25) is 5.91 Å². The number of aliphatic hydroxyl groups excluding tert-OH is 10. The fourth-order valence-corrected chi connectivity index (χ4v) is 6.44. The number of methoxy groups -OCH3 is 1. The van der Waals surface area contributed by atoms with E-state index in [1.807, 2.05) is 0 Å². The maximum Gasteiger partial charge on any atom is 0.217 e. The molecule has 0 saturated carbocycles. The first-order chi connectivity index (χ1) is 25.0. The first-order valence-electron chi connectivity index (χ1n) is 16.5. The Kier molecular flexibility index (Phi) is 15.1. The topological polar surface area (TPSA) is 352 Å². The van der Waals surface area contributed by atoms with Gasteiger partial charge < -0.3 is 94.3 Å². The lowest BCUT2D eigenvalue weighted by Gasteiger charge is -2.49. The molecule has 0 unspecified atom stereocenters. The molecule has 4 aliphatic rings. The highest BCUT2D eigenvalue weighted by atomic mass is 16.8. The van der Waals surface area contributed by atoms with Gasteiger partial charge in [0, 0.05) is 6.92 Å². The van der Waals surface area contributed by atoms with Crippen LogP contribution in [0, 0.1) is 0 Å². The fourth-order valence-electron chi connectivity index (χ4n) is 6.44. The summed E-state index contributed by atoms with van der Waals surface area (Å²) < 4.78 is 44.2. The fraction of sp³-hybridized carbons (Fsp3) is 0.867. The van der Waals surface area contributed by atoms with Crippen molar-refractivity contribution in [1.82, 2.24) is 5.32 Å². The van der Waals surface area contributed by atoms with Crippen molar-refractivity contribution < 1.29 is 103 Å². The molecule has 0 spiro atoms. The second-order valence-electron chi connectivity index (χ2n) is 13.0. The standard InChI is InChI=1S/C30H48N2O21/c1-8(35)22-18(41)17(40)20(43)29(49-22)52-25-14(32-10(3)37)28(48-12(6-34)16(25)39)53-26-19(42)21(44)30(50-23(26)9(2)36)51-24-13(31-7-46-4)27(45)47-11(5-33)15(24)38/h7,11-30,33-34,38-45H,5-6H2,1-4H3,(H,32,37)/t11-,12-,13-,14-,15-,16-,17+,18+,19-,20-,21-,22-,23-,24-,25-,26+,27-,28+,29+,30+/m1/s1. The summed E-state index contributed by atoms with van der Waals surface area (Å²) in [6.07, 6.45) is -31.8. The number of hydrogen-bond acceptors (Lipinski definition) is 22. The number of carbonyl (C=O) groups excluding carboxylic acids is 3. The molecule has 23 heteroatoms. The van der Waals surface area contributed by atoms with Gasteiger partial charge in [0.1, 0.15) is 97.5 Å². The van der Waals surface area contributed by atoms with Crippen LogP contribution >= 0.6 is 0 Å². The van der Waals surface area contributed by atoms with Crippen LogP contribution in [-0.4, -0.2) is 218 Å². The van der Waals surface area contributed by atoms with Gasteiger partial charge in [0.15, 0.2) is 43.1 Å². The van der Waals surface area contributed by atoms with Gasteiger partial charge in [-0.3, -0.25) is 14.4 Å². The van der Waals surface area contributed by atoms with Crippen molar-refractivity contribution >= 4 is 23.9 Å². The Balaban J connectivity index is 1.62. The maximum absolute atomic E-state index is 12.9. The van der Waals surface area contributed by atoms with Crippen molar-refractivity contribution in [3.05, 3.63) is 0 Å². The summed E-state index contributed by atoms with van der Waals surface area (Å²) in [7, 11) is 1.24. The van der Waals surface area contributed by atoms with E-state index >= 15 is 0 Å². The van der Waals surface area contributed by atoms with Crippen LogP contribution in [0.2, 0.25) is 0 Å². The van der Waals surface area contributed by atoms with Crippen LogP contribution in [0.25, 0.3) is 0 Å². The van der Waals surface area contributed by atoms with Gasteiger partial charge in [0.05, 0.1) is 20.3 Å². The highest BCUT2D eigenvalue weighted by Crippen LogP contribution is 2.35. The minimum atomic E-state index is -2.09. The molecule has 304 valence electrons. The largest absolute Gasteiger partial charge is 0.487 e. The quantitative estimate of drug-likeness (QED) is 0.0611. The Hall–Kier alpha value is -2.40. The normalized spacial score (nSPS) is 46.5. The van der Waals surface area contributed by atoms with Gasteiger partial charge in [-0.1, -0.05) is 0 Å². The van der Waals surface area contributed by atoms with Crippen molar-refractivity contribution in [2.45, 2.75) is 143 Å². The van der Waals surface area contributed by atoms with Crippen LogP contribution in [0.4, 0.5) is 0 Å². The molecule has 0 aromatic heterocycles. The molecular formula is C30H48N2O21. The minimum Gasteiger partial charge on any atom is -0.487 e. The molecule has 4 aliphatic heterocycles. The molecule has 4 saturated heterocycles. The summed E-state index contributed by atoms with van der Waals surface area (Å²) in [4.78, 5) is 41.3. The summed E-state index contributed by atoms with van der Waals surface area (Å²) in [5.41, 5.74) is 0. The van der Waals surface area contributed by atoms with Crippen LogP contribution in [-0.2, 0) is 52.3 Å². The zero-order valence-corrected chi connectivity index (χ0v) is 28.9. The van der Waals surface area contributed by atoms with Gasteiger partial charge in [-0.2, -0.15) is 0 Å². The molecule has 0 bridgehead atoms. The number of carbonyl (C=O) groups is 3. The van der Waals surface area contributed by atoms with E-state index in [2.05, 4.69) is 10.3 Å². The van der Waals surface area contributed by atoms with Crippen molar-refractivity contribution in [3.8, 4) is 0 Å². The van der Waals surface area contributed by atoms with Crippen molar-refractivity contribution in [2.24, 2.45) is 4.99 Å². The molecule has 53 heavy (non-hydrogen) atoms. The molecule has 0 aromatic rings. The molecule has 1 amide bonds. The number of ether oxygens (including phenoxy) is 8. The van der Waals surface area contributed by atoms with E-state index in [1.54, 1.807) is 0 Å². The van der Waals surface area contributed by atoms with Crippen molar-refractivity contribution in [1.29, 1.82) is 0 Å². The van der Waals surface area contributed by atoms with E-state index in [-0.39, 0.29) is 0 Å². The second-order valence-corrected chi connectivity index (χ2v) is 13.0. The number of ketones is 2. The maximum atomic E-state index is 12.9. The highest BCUT2D eigenvalue weighted by Gasteiger charge is 2.56. The van der Waals surface area contributed by atoms with E-state index in [0.717, 1.165) is 27.2 Å². The average Bonchev–Trinajstić information content (AvgIpc) is 3.10. The molecule has 4 rings (SSSR count). The van der Waals surface area contributed by atoms with E-state index in [4.69, 9.17) is 37.9 Å². The molecule has 23 nitrogen and oxygen atoms in total. The average molecular weight is 773 g/mol. The lowest BCUT2D eigenvalue weighted by molar-refractivity contribution is -0.366. The van der Waals surface area contributed by atoms with E-state index < -0.39 is 153 Å². The summed E-state index contributed by atoms with van der Waals surface area (Å²) in [5, 5.41) is 108. The van der Waals surface area contributed by atoms with Gasteiger partial charge in [0.25, 0.3) is 0 Å². The number of rotatable bonds is 13. The Labute approximate surface area is 301 Å². The molecule has 20 atom stereocenters. The SMILES string of the molecule is COC=N[C@@H]1[C@@H](O[C@@H]2O[C@H](C(C)=O)[C@@H](O[C@@H]3O[C@H](CO)[C@@H](O)[C@H](O[C@@H]4O[C@H](C(C)=O)[C@@H](O)[C@H](O)[C@H]4O)[C@H]3NC(C)=O)[C@H](O)[C@H]2O)[C@H](O)[C@@H](CO)O[C@H]1O. The Morgan fingerprint density at radius 2 is 1.13 bits per heavy atom. The van der Waals surface area contributed by atoms with Gasteiger partial charge in [-0.05, 0) is 13.8 Å². The van der Waals surface area contributed by atoms with E-state index in [0.29, 0.717) is 0 Å². The summed E-state index contributed by atoms with van der Waals surface area (Å²) >= 11 is 0. The molecule has 4 heterocycles. The molecule has 0 aromatic carbocycles.